The zero-order valence-corrected chi connectivity index (χ0v) is 11.7. The van der Waals surface area contributed by atoms with Crippen LogP contribution in [0.2, 0.25) is 0 Å². The molecule has 0 radical (unpaired) electrons. The molecule has 0 spiro atoms. The van der Waals surface area contributed by atoms with Crippen LogP contribution in [0.3, 0.4) is 0 Å². The lowest BCUT2D eigenvalue weighted by Crippen LogP contribution is -2.37. The van der Waals surface area contributed by atoms with Gasteiger partial charge in [-0.2, -0.15) is 0 Å². The third kappa shape index (κ3) is 5.36. The van der Waals surface area contributed by atoms with E-state index >= 15 is 0 Å². The Hall–Kier alpha value is -1.46. The Morgan fingerprint density at radius 2 is 2.21 bits per heavy atom. The molecule has 0 bridgehead atoms. The highest BCUT2D eigenvalue weighted by atomic mass is 16.5. The van der Waals surface area contributed by atoms with Gasteiger partial charge in [-0.25, -0.2) is 9.78 Å². The highest BCUT2D eigenvalue weighted by molar-refractivity contribution is 5.85. The molecule has 0 aliphatic heterocycles. The second-order valence-electron chi connectivity index (χ2n) is 4.71. The third-order valence-electron chi connectivity index (χ3n) is 2.88. The van der Waals surface area contributed by atoms with Crippen molar-refractivity contribution in [3.05, 3.63) is 29.6 Å². The molecule has 0 saturated heterocycles. The van der Waals surface area contributed by atoms with Crippen LogP contribution in [0.5, 0.6) is 0 Å². The van der Waals surface area contributed by atoms with Gasteiger partial charge in [0.25, 0.3) is 0 Å². The number of hydrogen-bond donors (Lipinski definition) is 2. The summed E-state index contributed by atoms with van der Waals surface area (Å²) in [5, 5.41) is 12.2. The number of nitrogens with zero attached hydrogens (tertiary/aromatic N) is 1. The number of aromatic nitrogens is 1. The minimum Gasteiger partial charge on any atom is -0.477 e. The molecule has 1 rings (SSSR count). The molecular weight excluding hydrogens is 244 g/mol. The first kappa shape index (κ1) is 15.6. The fourth-order valence-electron chi connectivity index (χ4n) is 1.66. The SMILES string of the molecule is CCOCC(NCc1cccc(C(=O)O)n1)C(C)C. The molecule has 1 aromatic heterocycles. The molecule has 0 amide bonds. The second-order valence-corrected chi connectivity index (χ2v) is 4.71. The van der Waals surface area contributed by atoms with Gasteiger partial charge in [0.2, 0.25) is 0 Å². The molecule has 1 heterocycles. The van der Waals surface area contributed by atoms with E-state index in [2.05, 4.69) is 24.1 Å². The van der Waals surface area contributed by atoms with Gasteiger partial charge in [0.15, 0.2) is 0 Å². The molecule has 5 heteroatoms. The lowest BCUT2D eigenvalue weighted by atomic mass is 10.1. The van der Waals surface area contributed by atoms with E-state index in [0.29, 0.717) is 25.7 Å². The van der Waals surface area contributed by atoms with E-state index in [4.69, 9.17) is 9.84 Å². The van der Waals surface area contributed by atoms with Crippen LogP contribution >= 0.6 is 0 Å². The van der Waals surface area contributed by atoms with Crippen LogP contribution in [0.1, 0.15) is 37.0 Å². The predicted octanol–water partition coefficient (Wildman–Crippen LogP) is 1.93. The summed E-state index contributed by atoms with van der Waals surface area (Å²) >= 11 is 0. The highest BCUT2D eigenvalue weighted by Gasteiger charge is 2.13. The largest absolute Gasteiger partial charge is 0.477 e. The van der Waals surface area contributed by atoms with E-state index in [1.54, 1.807) is 6.07 Å². The topological polar surface area (TPSA) is 71.5 Å². The number of pyridine rings is 1. The fraction of sp³-hybridized carbons (Fsp3) is 0.571. The first-order valence-electron chi connectivity index (χ1n) is 6.55. The van der Waals surface area contributed by atoms with Gasteiger partial charge < -0.3 is 15.2 Å². The van der Waals surface area contributed by atoms with Crippen molar-refractivity contribution in [1.29, 1.82) is 0 Å². The number of carbonyl (C=O) groups is 1. The Morgan fingerprint density at radius 1 is 1.47 bits per heavy atom. The smallest absolute Gasteiger partial charge is 0.354 e. The number of hydrogen-bond acceptors (Lipinski definition) is 4. The minimum atomic E-state index is -1.00. The van der Waals surface area contributed by atoms with E-state index in [9.17, 15) is 4.79 Å². The molecule has 2 N–H and O–H groups in total. The lowest BCUT2D eigenvalue weighted by molar-refractivity contribution is 0.0690. The van der Waals surface area contributed by atoms with E-state index in [1.165, 1.54) is 6.07 Å². The average Bonchev–Trinajstić information content (AvgIpc) is 2.38. The van der Waals surface area contributed by atoms with Gasteiger partial charge in [0.05, 0.1) is 12.3 Å². The minimum absolute atomic E-state index is 0.0743. The summed E-state index contributed by atoms with van der Waals surface area (Å²) in [5.74, 6) is -0.564. The summed E-state index contributed by atoms with van der Waals surface area (Å²) in [6.45, 7) is 8.09. The van der Waals surface area contributed by atoms with Crippen LogP contribution in [0.4, 0.5) is 0 Å². The van der Waals surface area contributed by atoms with E-state index < -0.39 is 5.97 Å². The lowest BCUT2D eigenvalue weighted by Gasteiger charge is -2.22. The zero-order valence-electron chi connectivity index (χ0n) is 11.7. The van der Waals surface area contributed by atoms with Crippen molar-refractivity contribution in [3.63, 3.8) is 0 Å². The summed E-state index contributed by atoms with van der Waals surface area (Å²) in [5.41, 5.74) is 0.798. The molecule has 1 aromatic rings. The Balaban J connectivity index is 2.58. The van der Waals surface area contributed by atoms with E-state index in [0.717, 1.165) is 5.69 Å². The van der Waals surface area contributed by atoms with E-state index in [-0.39, 0.29) is 11.7 Å². The molecule has 19 heavy (non-hydrogen) atoms. The molecule has 5 nitrogen and oxygen atoms in total. The standard InChI is InChI=1S/C14H22N2O3/c1-4-19-9-13(10(2)3)15-8-11-6-5-7-12(16-11)14(17)18/h5-7,10,13,15H,4,8-9H2,1-3H3,(H,17,18). The maximum Gasteiger partial charge on any atom is 0.354 e. The van der Waals surface area contributed by atoms with Crippen LogP contribution < -0.4 is 5.32 Å². The maximum atomic E-state index is 10.8. The highest BCUT2D eigenvalue weighted by Crippen LogP contribution is 2.05. The van der Waals surface area contributed by atoms with Gasteiger partial charge >= 0.3 is 5.97 Å². The quantitative estimate of drug-likeness (QED) is 0.752. The second kappa shape index (κ2) is 7.86. The maximum absolute atomic E-state index is 10.8. The van der Waals surface area contributed by atoms with Gasteiger partial charge in [0.1, 0.15) is 5.69 Å². The third-order valence-corrected chi connectivity index (χ3v) is 2.88. The summed E-state index contributed by atoms with van der Waals surface area (Å²) in [6, 6.07) is 5.25. The molecule has 0 saturated carbocycles. The molecule has 0 aromatic carbocycles. The van der Waals surface area contributed by atoms with Crippen molar-refractivity contribution < 1.29 is 14.6 Å². The van der Waals surface area contributed by atoms with Crippen molar-refractivity contribution in [2.24, 2.45) is 5.92 Å². The van der Waals surface area contributed by atoms with Gasteiger partial charge in [-0.15, -0.1) is 0 Å². The van der Waals surface area contributed by atoms with E-state index in [1.807, 2.05) is 13.0 Å². The Bertz CT molecular complexity index is 407. The van der Waals surface area contributed by atoms with Gasteiger partial charge in [-0.3, -0.25) is 0 Å². The first-order valence-corrected chi connectivity index (χ1v) is 6.55. The Kier molecular flexibility index (Phi) is 6.45. The predicted molar refractivity (Wildman–Crippen MR) is 73.2 cm³/mol. The van der Waals surface area contributed by atoms with Crippen molar-refractivity contribution >= 4 is 5.97 Å². The molecule has 0 aliphatic rings. The normalized spacial score (nSPS) is 12.6. The van der Waals surface area contributed by atoms with Crippen LogP contribution in [0.15, 0.2) is 18.2 Å². The molecule has 1 atom stereocenters. The number of rotatable bonds is 8. The number of ether oxygens (including phenoxy) is 1. The number of aromatic carboxylic acids is 1. The molecule has 1 unspecified atom stereocenters. The van der Waals surface area contributed by atoms with Gasteiger partial charge in [-0.05, 0) is 25.0 Å². The van der Waals surface area contributed by atoms with Gasteiger partial charge in [0, 0.05) is 19.2 Å². The number of nitrogens with one attached hydrogen (secondary N) is 1. The first-order chi connectivity index (χ1) is 9.04. The van der Waals surface area contributed by atoms with Crippen LogP contribution in [-0.4, -0.2) is 35.3 Å². The van der Waals surface area contributed by atoms with Gasteiger partial charge in [-0.1, -0.05) is 19.9 Å². The van der Waals surface area contributed by atoms with Crippen molar-refractivity contribution in [2.45, 2.75) is 33.4 Å². The fourth-order valence-corrected chi connectivity index (χ4v) is 1.66. The molecular formula is C14H22N2O3. The number of carboxylic acids is 1. The Labute approximate surface area is 114 Å². The van der Waals surface area contributed by atoms with Crippen LogP contribution in [0.25, 0.3) is 0 Å². The molecule has 106 valence electrons. The monoisotopic (exact) mass is 266 g/mol. The van der Waals surface area contributed by atoms with Crippen molar-refractivity contribution in [3.8, 4) is 0 Å². The molecule has 0 fully saturated rings. The summed E-state index contributed by atoms with van der Waals surface area (Å²) in [4.78, 5) is 14.9. The van der Waals surface area contributed by atoms with Crippen LogP contribution in [-0.2, 0) is 11.3 Å². The Morgan fingerprint density at radius 3 is 2.79 bits per heavy atom. The summed E-state index contributed by atoms with van der Waals surface area (Å²) < 4.78 is 5.43. The summed E-state index contributed by atoms with van der Waals surface area (Å²) in [7, 11) is 0. The van der Waals surface area contributed by atoms with Crippen LogP contribution in [0, 0.1) is 5.92 Å². The van der Waals surface area contributed by atoms with Crippen molar-refractivity contribution in [2.75, 3.05) is 13.2 Å². The molecule has 0 aliphatic carbocycles. The van der Waals surface area contributed by atoms with Crippen molar-refractivity contribution in [1.82, 2.24) is 10.3 Å². The summed E-state index contributed by atoms with van der Waals surface area (Å²) in [6.07, 6.45) is 0. The average molecular weight is 266 g/mol. The number of carboxylic acid groups (broad SMARTS) is 1. The zero-order chi connectivity index (χ0) is 14.3.